The summed E-state index contributed by atoms with van der Waals surface area (Å²) in [6.45, 7) is 1.01. The highest BCUT2D eigenvalue weighted by Gasteiger charge is 2.30. The van der Waals surface area contributed by atoms with Gasteiger partial charge < -0.3 is 5.32 Å². The van der Waals surface area contributed by atoms with Crippen molar-refractivity contribution < 1.29 is 8.78 Å². The smallest absolute Gasteiger partial charge is 0.272 e. The lowest BCUT2D eigenvalue weighted by Crippen LogP contribution is -2.43. The van der Waals surface area contributed by atoms with Crippen LogP contribution < -0.4 is 5.32 Å². The molecule has 1 heterocycles. The highest BCUT2D eigenvalue weighted by Crippen LogP contribution is 2.15. The summed E-state index contributed by atoms with van der Waals surface area (Å²) in [4.78, 5) is 1.78. The molecule has 0 atom stereocenters. The first-order valence-corrected chi connectivity index (χ1v) is 4.54. The third-order valence-corrected chi connectivity index (χ3v) is 2.03. The zero-order valence-electron chi connectivity index (χ0n) is 7.89. The van der Waals surface area contributed by atoms with Crippen LogP contribution in [0.5, 0.6) is 0 Å². The Hall–Kier alpha value is -0.480. The van der Waals surface area contributed by atoms with Gasteiger partial charge in [-0.15, -0.1) is 0 Å². The molecule has 0 aromatic heterocycles. The zero-order valence-corrected chi connectivity index (χ0v) is 7.89. The second kappa shape index (κ2) is 4.67. The number of hydrogen-bond donors (Lipinski definition) is 1. The fourth-order valence-corrected chi connectivity index (χ4v) is 1.48. The van der Waals surface area contributed by atoms with Crippen molar-refractivity contribution in [2.45, 2.75) is 12.3 Å². The van der Waals surface area contributed by atoms with Crippen LogP contribution >= 0.6 is 0 Å². The van der Waals surface area contributed by atoms with Gasteiger partial charge in [-0.05, 0) is 13.5 Å². The summed E-state index contributed by atoms with van der Waals surface area (Å²) in [5.74, 6) is -2.61. The Balaban J connectivity index is 2.33. The van der Waals surface area contributed by atoms with Gasteiger partial charge in [-0.3, -0.25) is 4.90 Å². The molecule has 0 amide bonds. The van der Waals surface area contributed by atoms with Crippen LogP contribution in [0, 0.1) is 0 Å². The van der Waals surface area contributed by atoms with Crippen LogP contribution in [0.3, 0.4) is 0 Å². The first-order chi connectivity index (χ1) is 6.14. The van der Waals surface area contributed by atoms with Gasteiger partial charge >= 0.3 is 0 Å². The third kappa shape index (κ3) is 3.83. The molecule has 0 saturated heterocycles. The molecule has 1 aliphatic rings. The molecule has 4 heteroatoms. The van der Waals surface area contributed by atoms with Crippen LogP contribution in [0.15, 0.2) is 12.2 Å². The molecule has 0 fully saturated rings. The molecule has 1 N–H and O–H groups in total. The van der Waals surface area contributed by atoms with E-state index in [1.54, 1.807) is 11.9 Å². The Labute approximate surface area is 77.6 Å². The number of rotatable bonds is 4. The van der Waals surface area contributed by atoms with Crippen molar-refractivity contribution in [3.63, 3.8) is 0 Å². The highest BCUT2D eigenvalue weighted by atomic mass is 19.3. The second-order valence-electron chi connectivity index (χ2n) is 3.38. The second-order valence-corrected chi connectivity index (χ2v) is 3.38. The van der Waals surface area contributed by atoms with Gasteiger partial charge in [0.25, 0.3) is 5.92 Å². The van der Waals surface area contributed by atoms with Gasteiger partial charge in [0.05, 0.1) is 13.1 Å². The summed E-state index contributed by atoms with van der Waals surface area (Å²) in [6.07, 6.45) is 4.86. The normalized spacial score (nSPS) is 19.3. The van der Waals surface area contributed by atoms with E-state index in [0.717, 1.165) is 13.0 Å². The Morgan fingerprint density at radius 2 is 2.23 bits per heavy atom. The largest absolute Gasteiger partial charge is 0.314 e. The van der Waals surface area contributed by atoms with Gasteiger partial charge in [0, 0.05) is 13.1 Å². The lowest BCUT2D eigenvalue weighted by Gasteiger charge is -2.27. The molecule has 0 aliphatic carbocycles. The standard InChI is InChI=1S/C9H16F2N2/c1-12-7-9(10,11)8-13-5-3-2-4-6-13/h2-3,12H,4-8H2,1H3. The first kappa shape index (κ1) is 10.6. The van der Waals surface area contributed by atoms with Crippen LogP contribution in [-0.4, -0.2) is 44.0 Å². The molecule has 0 saturated carbocycles. The molecule has 0 aromatic rings. The van der Waals surface area contributed by atoms with Gasteiger partial charge in [-0.1, -0.05) is 12.2 Å². The maximum atomic E-state index is 13.1. The predicted molar refractivity (Wildman–Crippen MR) is 49.1 cm³/mol. The lowest BCUT2D eigenvalue weighted by atomic mass is 10.2. The van der Waals surface area contributed by atoms with Gasteiger partial charge in [0.2, 0.25) is 0 Å². The molecule has 1 rings (SSSR count). The Morgan fingerprint density at radius 1 is 1.46 bits per heavy atom. The summed E-state index contributed by atoms with van der Waals surface area (Å²) in [5, 5.41) is 2.50. The third-order valence-electron chi connectivity index (χ3n) is 2.03. The van der Waals surface area contributed by atoms with Gasteiger partial charge in [0.15, 0.2) is 0 Å². The van der Waals surface area contributed by atoms with E-state index in [0.29, 0.717) is 6.54 Å². The van der Waals surface area contributed by atoms with E-state index in [1.807, 2.05) is 12.2 Å². The van der Waals surface area contributed by atoms with Crippen molar-refractivity contribution in [3.8, 4) is 0 Å². The van der Waals surface area contributed by atoms with E-state index in [9.17, 15) is 8.78 Å². The fourth-order valence-electron chi connectivity index (χ4n) is 1.48. The Morgan fingerprint density at radius 3 is 2.77 bits per heavy atom. The fraction of sp³-hybridized carbons (Fsp3) is 0.778. The van der Waals surface area contributed by atoms with Crippen LogP contribution in [0.1, 0.15) is 6.42 Å². The van der Waals surface area contributed by atoms with Gasteiger partial charge in [-0.2, -0.15) is 0 Å². The Bertz CT molecular complexity index is 180. The van der Waals surface area contributed by atoms with E-state index in [4.69, 9.17) is 0 Å². The van der Waals surface area contributed by atoms with Crippen molar-refractivity contribution in [2.24, 2.45) is 0 Å². The number of nitrogens with zero attached hydrogens (tertiary/aromatic N) is 1. The maximum absolute atomic E-state index is 13.1. The van der Waals surface area contributed by atoms with E-state index < -0.39 is 5.92 Å². The number of halogens is 2. The minimum absolute atomic E-state index is 0.141. The quantitative estimate of drug-likeness (QED) is 0.668. The zero-order chi connectivity index (χ0) is 9.73. The molecule has 0 aromatic carbocycles. The number of nitrogens with one attached hydrogen (secondary N) is 1. The van der Waals surface area contributed by atoms with E-state index in [-0.39, 0.29) is 13.1 Å². The maximum Gasteiger partial charge on any atom is 0.272 e. The van der Waals surface area contributed by atoms with Crippen molar-refractivity contribution in [1.82, 2.24) is 10.2 Å². The summed E-state index contributed by atoms with van der Waals surface area (Å²) in [6, 6.07) is 0. The average molecular weight is 190 g/mol. The molecule has 0 radical (unpaired) electrons. The number of alkyl halides is 2. The summed E-state index contributed by atoms with van der Waals surface area (Å²) in [5.41, 5.74) is 0. The molecule has 76 valence electrons. The SMILES string of the molecule is CNCC(F)(F)CN1CC=CCC1. The van der Waals surface area contributed by atoms with Crippen molar-refractivity contribution in [1.29, 1.82) is 0 Å². The molecule has 1 aliphatic heterocycles. The topological polar surface area (TPSA) is 15.3 Å². The van der Waals surface area contributed by atoms with Crippen LogP contribution in [0.2, 0.25) is 0 Å². The van der Waals surface area contributed by atoms with E-state index in [2.05, 4.69) is 5.32 Å². The molecule has 0 bridgehead atoms. The molecule has 13 heavy (non-hydrogen) atoms. The van der Waals surface area contributed by atoms with Crippen LogP contribution in [0.4, 0.5) is 8.78 Å². The molecular weight excluding hydrogens is 174 g/mol. The van der Waals surface area contributed by atoms with E-state index >= 15 is 0 Å². The van der Waals surface area contributed by atoms with E-state index in [1.165, 1.54) is 0 Å². The monoisotopic (exact) mass is 190 g/mol. The molecule has 0 unspecified atom stereocenters. The summed E-state index contributed by atoms with van der Waals surface area (Å²) < 4.78 is 26.2. The molecular formula is C9H16F2N2. The number of hydrogen-bond acceptors (Lipinski definition) is 2. The minimum atomic E-state index is -2.61. The average Bonchev–Trinajstić information content (AvgIpc) is 2.04. The summed E-state index contributed by atoms with van der Waals surface area (Å²) in [7, 11) is 1.55. The van der Waals surface area contributed by atoms with Crippen LogP contribution in [0.25, 0.3) is 0 Å². The highest BCUT2D eigenvalue weighted by molar-refractivity contribution is 4.92. The first-order valence-electron chi connectivity index (χ1n) is 4.54. The van der Waals surface area contributed by atoms with Gasteiger partial charge in [-0.25, -0.2) is 8.78 Å². The molecule has 2 nitrogen and oxygen atoms in total. The van der Waals surface area contributed by atoms with Crippen molar-refractivity contribution in [2.75, 3.05) is 33.2 Å². The van der Waals surface area contributed by atoms with Crippen molar-refractivity contribution in [3.05, 3.63) is 12.2 Å². The van der Waals surface area contributed by atoms with Crippen LogP contribution in [-0.2, 0) is 0 Å². The minimum Gasteiger partial charge on any atom is -0.314 e. The molecule has 0 spiro atoms. The predicted octanol–water partition coefficient (Wildman–Crippen LogP) is 1.10. The lowest BCUT2D eigenvalue weighted by molar-refractivity contribution is -0.0270. The Kier molecular flexibility index (Phi) is 3.81. The van der Waals surface area contributed by atoms with Gasteiger partial charge in [0.1, 0.15) is 0 Å². The van der Waals surface area contributed by atoms with Crippen molar-refractivity contribution >= 4 is 0 Å². The summed E-state index contributed by atoms with van der Waals surface area (Å²) >= 11 is 0.